The van der Waals surface area contributed by atoms with E-state index >= 15 is 0 Å². The van der Waals surface area contributed by atoms with Crippen LogP contribution in [-0.2, 0) is 23.6 Å². The summed E-state index contributed by atoms with van der Waals surface area (Å²) in [5, 5.41) is 9.97. The molecule has 0 saturated carbocycles. The average Bonchev–Trinajstić information content (AvgIpc) is 2.84. The van der Waals surface area contributed by atoms with Crippen molar-refractivity contribution in [2.45, 2.75) is 70.7 Å². The number of ether oxygens (including phenoxy) is 2. The third kappa shape index (κ3) is 6.23. The molecule has 3 rings (SSSR count). The predicted octanol–water partition coefficient (Wildman–Crippen LogP) is 6.69. The number of carbonyl (C=O) groups is 1. The molecule has 1 aromatic carbocycles. The lowest BCUT2D eigenvalue weighted by Crippen LogP contribution is -2.48. The summed E-state index contributed by atoms with van der Waals surface area (Å²) in [4.78, 5) is 19.8. The number of pyridine rings is 1. The van der Waals surface area contributed by atoms with E-state index in [9.17, 15) is 36.4 Å². The van der Waals surface area contributed by atoms with E-state index in [1.807, 2.05) is 6.19 Å². The maximum atomic E-state index is 13.4. The van der Waals surface area contributed by atoms with E-state index in [1.54, 1.807) is 26.8 Å². The van der Waals surface area contributed by atoms with Gasteiger partial charge in [0.05, 0.1) is 48.3 Å². The number of alkyl halides is 6. The summed E-state index contributed by atoms with van der Waals surface area (Å²) in [7, 11) is 1.36. The minimum atomic E-state index is -5.02. The number of halogens is 6. The van der Waals surface area contributed by atoms with Crippen molar-refractivity contribution < 1.29 is 40.6 Å². The predicted molar refractivity (Wildman–Crippen MR) is 124 cm³/mol. The maximum Gasteiger partial charge on any atom is 0.416 e. The topological polar surface area (TPSA) is 78.7 Å². The first-order valence-electron chi connectivity index (χ1n) is 11.7. The molecule has 1 amide bonds. The highest BCUT2D eigenvalue weighted by Crippen LogP contribution is 2.43. The van der Waals surface area contributed by atoms with Crippen LogP contribution in [0.25, 0.3) is 0 Å². The summed E-state index contributed by atoms with van der Waals surface area (Å²) in [6.45, 7) is 4.61. The first-order valence-corrected chi connectivity index (χ1v) is 11.7. The van der Waals surface area contributed by atoms with Crippen LogP contribution in [0.15, 0.2) is 30.3 Å². The van der Waals surface area contributed by atoms with Crippen LogP contribution in [-0.4, -0.2) is 35.2 Å². The van der Waals surface area contributed by atoms with Gasteiger partial charge in [0, 0.05) is 12.1 Å². The number of carbonyl (C=O) groups excluding carboxylic acids is 1. The van der Waals surface area contributed by atoms with Crippen molar-refractivity contribution in [1.29, 1.82) is 5.26 Å². The third-order valence-corrected chi connectivity index (χ3v) is 6.03. The van der Waals surface area contributed by atoms with E-state index in [4.69, 9.17) is 9.47 Å². The molecular formula is C25H26F6N4O3. The lowest BCUT2D eigenvalue weighted by molar-refractivity contribution is -0.143. The first kappa shape index (κ1) is 28.9. The Morgan fingerprint density at radius 3 is 2.24 bits per heavy atom. The zero-order valence-electron chi connectivity index (χ0n) is 21.0. The summed E-state index contributed by atoms with van der Waals surface area (Å²) < 4.78 is 90.8. The molecular weight excluding hydrogens is 518 g/mol. The van der Waals surface area contributed by atoms with E-state index in [2.05, 4.69) is 4.98 Å². The molecule has 1 aliphatic heterocycles. The van der Waals surface area contributed by atoms with Crippen LogP contribution >= 0.6 is 0 Å². The van der Waals surface area contributed by atoms with Crippen LogP contribution in [0.2, 0.25) is 0 Å². The van der Waals surface area contributed by atoms with Crippen molar-refractivity contribution in [2.75, 3.05) is 12.0 Å². The average molecular weight is 544 g/mol. The fourth-order valence-electron chi connectivity index (χ4n) is 4.34. The quantitative estimate of drug-likeness (QED) is 0.229. The molecule has 38 heavy (non-hydrogen) atoms. The van der Waals surface area contributed by atoms with Crippen LogP contribution < -0.4 is 9.64 Å². The SMILES string of the molecule is CC[C@@H]1C[C@H](N(C#N)Cc2cc(C(F)(F)F)cc(C(F)(F)F)c2)c2nc(OC)ccc2N1C(=O)OC(C)C. The second-order valence-corrected chi connectivity index (χ2v) is 9.02. The number of amides is 1. The van der Waals surface area contributed by atoms with E-state index in [1.165, 1.54) is 18.1 Å². The van der Waals surface area contributed by atoms with Crippen LogP contribution in [0.1, 0.15) is 62.0 Å². The van der Waals surface area contributed by atoms with Gasteiger partial charge in [-0.15, -0.1) is 0 Å². The summed E-state index contributed by atoms with van der Waals surface area (Å²) in [5.41, 5.74) is -2.79. The zero-order chi connectivity index (χ0) is 28.4. The Kier molecular flexibility index (Phi) is 8.33. The van der Waals surface area contributed by atoms with Crippen LogP contribution in [0, 0.1) is 11.5 Å². The Morgan fingerprint density at radius 2 is 1.76 bits per heavy atom. The number of anilines is 1. The molecule has 2 aromatic rings. The minimum Gasteiger partial charge on any atom is -0.481 e. The molecule has 7 nitrogen and oxygen atoms in total. The molecule has 0 aliphatic carbocycles. The molecule has 0 spiro atoms. The zero-order valence-corrected chi connectivity index (χ0v) is 21.0. The first-order chi connectivity index (χ1) is 17.7. The number of hydrogen-bond donors (Lipinski definition) is 0. The highest BCUT2D eigenvalue weighted by molar-refractivity contribution is 5.90. The van der Waals surface area contributed by atoms with Gasteiger partial charge in [-0.05, 0) is 56.5 Å². The van der Waals surface area contributed by atoms with Gasteiger partial charge in [0.2, 0.25) is 5.88 Å². The number of benzene rings is 1. The number of aromatic nitrogens is 1. The molecule has 2 atom stereocenters. The summed E-state index contributed by atoms with van der Waals surface area (Å²) >= 11 is 0. The number of fused-ring (bicyclic) bond motifs is 1. The fourth-order valence-corrected chi connectivity index (χ4v) is 4.34. The van der Waals surface area contributed by atoms with Crippen molar-refractivity contribution in [1.82, 2.24) is 9.88 Å². The second-order valence-electron chi connectivity index (χ2n) is 9.02. The monoisotopic (exact) mass is 544 g/mol. The van der Waals surface area contributed by atoms with Crippen molar-refractivity contribution >= 4 is 11.8 Å². The maximum absolute atomic E-state index is 13.4. The molecule has 0 fully saturated rings. The lowest BCUT2D eigenvalue weighted by Gasteiger charge is -2.41. The number of hydrogen-bond acceptors (Lipinski definition) is 6. The van der Waals surface area contributed by atoms with E-state index in [-0.39, 0.29) is 29.6 Å². The normalized spacial score (nSPS) is 17.6. The van der Waals surface area contributed by atoms with E-state index in [0.717, 1.165) is 4.90 Å². The van der Waals surface area contributed by atoms with Crippen molar-refractivity contribution in [2.24, 2.45) is 0 Å². The Hall–Kier alpha value is -3.69. The highest BCUT2D eigenvalue weighted by Gasteiger charge is 2.41. The van der Waals surface area contributed by atoms with Crippen molar-refractivity contribution in [3.05, 3.63) is 52.7 Å². The smallest absolute Gasteiger partial charge is 0.416 e. The van der Waals surface area contributed by atoms with Gasteiger partial charge in [-0.2, -0.15) is 31.6 Å². The van der Waals surface area contributed by atoms with Gasteiger partial charge < -0.3 is 9.47 Å². The van der Waals surface area contributed by atoms with Gasteiger partial charge in [0.1, 0.15) is 0 Å². The van der Waals surface area contributed by atoms with Gasteiger partial charge in [-0.1, -0.05) is 6.92 Å². The molecule has 13 heteroatoms. The van der Waals surface area contributed by atoms with Gasteiger partial charge in [-0.3, -0.25) is 9.80 Å². The van der Waals surface area contributed by atoms with Crippen molar-refractivity contribution in [3.63, 3.8) is 0 Å². The van der Waals surface area contributed by atoms with Crippen LogP contribution in [0.3, 0.4) is 0 Å². The number of methoxy groups -OCH3 is 1. The molecule has 2 heterocycles. The molecule has 0 radical (unpaired) electrons. The molecule has 1 aromatic heterocycles. The molecule has 0 N–H and O–H groups in total. The Labute approximate surface area is 215 Å². The molecule has 0 unspecified atom stereocenters. The van der Waals surface area contributed by atoms with E-state index < -0.39 is 54.3 Å². The van der Waals surface area contributed by atoms with Gasteiger partial charge in [0.25, 0.3) is 0 Å². The molecule has 1 aliphatic rings. The summed E-state index contributed by atoms with van der Waals surface area (Å²) in [6, 6.07) is 2.91. The fraction of sp³-hybridized carbons (Fsp3) is 0.480. The lowest BCUT2D eigenvalue weighted by atomic mass is 9.92. The Balaban J connectivity index is 2.10. The third-order valence-electron chi connectivity index (χ3n) is 6.03. The van der Waals surface area contributed by atoms with Gasteiger partial charge in [0.15, 0.2) is 6.19 Å². The number of nitrogens with zero attached hydrogens (tertiary/aromatic N) is 4. The minimum absolute atomic E-state index is 0.0356. The van der Waals surface area contributed by atoms with Crippen LogP contribution in [0.4, 0.5) is 36.8 Å². The summed E-state index contributed by atoms with van der Waals surface area (Å²) in [6.07, 6.45) is -8.68. The Morgan fingerprint density at radius 1 is 1.16 bits per heavy atom. The van der Waals surface area contributed by atoms with Gasteiger partial charge in [-0.25, -0.2) is 9.78 Å². The molecule has 0 bridgehead atoms. The number of rotatable bonds is 6. The van der Waals surface area contributed by atoms with Gasteiger partial charge >= 0.3 is 18.4 Å². The Bertz CT molecular complexity index is 1180. The van der Waals surface area contributed by atoms with E-state index in [0.29, 0.717) is 24.2 Å². The van der Waals surface area contributed by atoms with Crippen LogP contribution in [0.5, 0.6) is 5.88 Å². The standard InChI is InChI=1S/C25H26F6N4O3/c1-5-18-11-20(22-19(6-7-21(33-22)37-4)35(18)23(36)38-14(2)3)34(13-32)12-15-8-16(24(26,27)28)10-17(9-15)25(29,30)31/h6-10,14,18,20H,5,11-12H2,1-4H3/t18-,20+/m1/s1. The molecule has 206 valence electrons. The summed E-state index contributed by atoms with van der Waals surface area (Å²) in [5.74, 6) is 0.150. The highest BCUT2D eigenvalue weighted by atomic mass is 19.4. The van der Waals surface area contributed by atoms with Crippen molar-refractivity contribution in [3.8, 4) is 12.1 Å². The largest absolute Gasteiger partial charge is 0.481 e. The molecule has 0 saturated heterocycles. The second kappa shape index (κ2) is 11.0. The number of nitriles is 1.